The average molecular weight is 150 g/mol. The number of carbonyl (C=O) groups excluding carboxylic acids is 1. The van der Waals surface area contributed by atoms with E-state index in [0.29, 0.717) is 5.78 Å². The van der Waals surface area contributed by atoms with Gasteiger partial charge in [-0.15, -0.1) is 12.3 Å². The molecule has 11 heavy (non-hydrogen) atoms. The van der Waals surface area contributed by atoms with E-state index in [1.165, 1.54) is 0 Å². The Morgan fingerprint density at radius 3 is 2.64 bits per heavy atom. The van der Waals surface area contributed by atoms with Crippen molar-refractivity contribution in [3.63, 3.8) is 0 Å². The molecule has 0 N–H and O–H groups in total. The highest BCUT2D eigenvalue weighted by Crippen LogP contribution is 2.24. The van der Waals surface area contributed by atoms with Crippen LogP contribution in [0.2, 0.25) is 0 Å². The summed E-state index contributed by atoms with van der Waals surface area (Å²) >= 11 is 0. The van der Waals surface area contributed by atoms with Gasteiger partial charge in [-0.05, 0) is 25.2 Å². The van der Waals surface area contributed by atoms with Gasteiger partial charge >= 0.3 is 0 Å². The lowest BCUT2D eigenvalue weighted by molar-refractivity contribution is -0.121. The summed E-state index contributed by atoms with van der Waals surface area (Å²) in [5.74, 6) is 3.80. The van der Waals surface area contributed by atoms with Crippen molar-refractivity contribution >= 4 is 5.78 Å². The fourth-order valence-electron chi connectivity index (χ4n) is 1.58. The molecular weight excluding hydrogens is 136 g/mol. The summed E-state index contributed by atoms with van der Waals surface area (Å²) in [6.07, 6.45) is 10.9. The van der Waals surface area contributed by atoms with E-state index in [2.05, 4.69) is 5.92 Å². The van der Waals surface area contributed by atoms with E-state index >= 15 is 0 Å². The Balaban J connectivity index is 2.18. The maximum Gasteiger partial charge on any atom is 0.132 e. The second-order valence-electron chi connectivity index (χ2n) is 3.22. The van der Waals surface area contributed by atoms with Gasteiger partial charge in [0.1, 0.15) is 5.78 Å². The van der Waals surface area contributed by atoms with Crippen molar-refractivity contribution in [2.45, 2.75) is 38.5 Å². The number of carbonyl (C=O) groups is 1. The first-order chi connectivity index (χ1) is 5.33. The summed E-state index contributed by atoms with van der Waals surface area (Å²) in [6, 6.07) is 0. The van der Waals surface area contributed by atoms with E-state index < -0.39 is 0 Å². The number of hydrogen-bond donors (Lipinski definition) is 0. The zero-order valence-corrected chi connectivity index (χ0v) is 6.81. The Morgan fingerprint density at radius 2 is 2.09 bits per heavy atom. The Morgan fingerprint density at radius 1 is 1.45 bits per heavy atom. The molecule has 0 unspecified atom stereocenters. The summed E-state index contributed by atoms with van der Waals surface area (Å²) in [5, 5.41) is 0. The fourth-order valence-corrected chi connectivity index (χ4v) is 1.58. The quantitative estimate of drug-likeness (QED) is 0.551. The molecule has 0 aliphatic heterocycles. The van der Waals surface area contributed by atoms with Crippen molar-refractivity contribution < 1.29 is 4.79 Å². The molecule has 0 aromatic carbocycles. The van der Waals surface area contributed by atoms with E-state index in [0.717, 1.165) is 44.4 Å². The third kappa shape index (κ3) is 2.76. The standard InChI is InChI=1S/C10H14O/c1-2-3-4-9-5-7-10(11)8-6-9/h1,9H,3-8H2. The van der Waals surface area contributed by atoms with Gasteiger partial charge in [0.2, 0.25) is 0 Å². The lowest BCUT2D eigenvalue weighted by Crippen LogP contribution is -2.13. The molecule has 1 rings (SSSR count). The van der Waals surface area contributed by atoms with Crippen LogP contribution in [-0.4, -0.2) is 5.78 Å². The van der Waals surface area contributed by atoms with E-state index in [4.69, 9.17) is 6.42 Å². The summed E-state index contributed by atoms with van der Waals surface area (Å²) in [5.41, 5.74) is 0. The van der Waals surface area contributed by atoms with E-state index in [-0.39, 0.29) is 0 Å². The average Bonchev–Trinajstić information content (AvgIpc) is 2.04. The van der Waals surface area contributed by atoms with Gasteiger partial charge in [-0.1, -0.05) is 0 Å². The summed E-state index contributed by atoms with van der Waals surface area (Å²) in [6.45, 7) is 0. The van der Waals surface area contributed by atoms with Crippen LogP contribution >= 0.6 is 0 Å². The summed E-state index contributed by atoms with van der Waals surface area (Å²) in [4.78, 5) is 10.8. The Kier molecular flexibility index (Phi) is 3.16. The molecule has 0 aromatic rings. The van der Waals surface area contributed by atoms with E-state index in [1.807, 2.05) is 0 Å². The predicted molar refractivity (Wildman–Crippen MR) is 45.0 cm³/mol. The normalized spacial score (nSPS) is 19.7. The second kappa shape index (κ2) is 4.18. The summed E-state index contributed by atoms with van der Waals surface area (Å²) < 4.78 is 0. The minimum absolute atomic E-state index is 0.432. The van der Waals surface area contributed by atoms with Crippen molar-refractivity contribution in [1.29, 1.82) is 0 Å². The monoisotopic (exact) mass is 150 g/mol. The van der Waals surface area contributed by atoms with Gasteiger partial charge in [-0.25, -0.2) is 0 Å². The Bertz CT molecular complexity index is 166. The molecular formula is C10H14O. The molecule has 60 valence electrons. The number of Topliss-reactive ketones (excluding diaryl/α,β-unsaturated/α-hetero) is 1. The van der Waals surface area contributed by atoms with Crippen LogP contribution in [-0.2, 0) is 4.79 Å². The van der Waals surface area contributed by atoms with E-state index in [9.17, 15) is 4.79 Å². The Labute approximate surface area is 68.2 Å². The first-order valence-corrected chi connectivity index (χ1v) is 4.28. The number of hydrogen-bond acceptors (Lipinski definition) is 1. The third-order valence-corrected chi connectivity index (χ3v) is 2.36. The van der Waals surface area contributed by atoms with Crippen LogP contribution in [0, 0.1) is 18.3 Å². The molecule has 1 nitrogen and oxygen atoms in total. The molecule has 1 aliphatic carbocycles. The lowest BCUT2D eigenvalue weighted by atomic mass is 9.85. The second-order valence-corrected chi connectivity index (χ2v) is 3.22. The number of terminal acetylenes is 1. The molecule has 0 spiro atoms. The molecule has 0 aromatic heterocycles. The molecule has 0 radical (unpaired) electrons. The largest absolute Gasteiger partial charge is 0.300 e. The van der Waals surface area contributed by atoms with Crippen LogP contribution in [0.1, 0.15) is 38.5 Å². The van der Waals surface area contributed by atoms with Gasteiger partial charge < -0.3 is 0 Å². The van der Waals surface area contributed by atoms with Crippen LogP contribution in [0.25, 0.3) is 0 Å². The zero-order valence-electron chi connectivity index (χ0n) is 6.81. The molecule has 0 heterocycles. The zero-order chi connectivity index (χ0) is 8.10. The first kappa shape index (κ1) is 8.33. The van der Waals surface area contributed by atoms with Crippen molar-refractivity contribution in [2.75, 3.05) is 0 Å². The van der Waals surface area contributed by atoms with Crippen LogP contribution in [0.4, 0.5) is 0 Å². The molecule has 0 saturated heterocycles. The minimum Gasteiger partial charge on any atom is -0.300 e. The number of rotatable bonds is 2. The maximum absolute atomic E-state index is 10.8. The molecule has 0 bridgehead atoms. The van der Waals surface area contributed by atoms with E-state index in [1.54, 1.807) is 0 Å². The number of ketones is 1. The topological polar surface area (TPSA) is 17.1 Å². The SMILES string of the molecule is C#CCCC1CCC(=O)CC1. The van der Waals surface area contributed by atoms with Gasteiger partial charge in [-0.2, -0.15) is 0 Å². The third-order valence-electron chi connectivity index (χ3n) is 2.36. The summed E-state index contributed by atoms with van der Waals surface area (Å²) in [7, 11) is 0. The molecule has 1 saturated carbocycles. The van der Waals surface area contributed by atoms with Crippen molar-refractivity contribution in [3.8, 4) is 12.3 Å². The molecule has 1 heteroatoms. The maximum atomic E-state index is 10.8. The van der Waals surface area contributed by atoms with Gasteiger partial charge in [0.25, 0.3) is 0 Å². The van der Waals surface area contributed by atoms with Crippen LogP contribution in [0.15, 0.2) is 0 Å². The van der Waals surface area contributed by atoms with Gasteiger partial charge in [0.05, 0.1) is 0 Å². The predicted octanol–water partition coefficient (Wildman–Crippen LogP) is 2.16. The molecule has 1 fully saturated rings. The van der Waals surface area contributed by atoms with Gasteiger partial charge in [-0.3, -0.25) is 4.79 Å². The smallest absolute Gasteiger partial charge is 0.132 e. The van der Waals surface area contributed by atoms with Crippen LogP contribution < -0.4 is 0 Å². The lowest BCUT2D eigenvalue weighted by Gasteiger charge is -2.19. The van der Waals surface area contributed by atoms with Gasteiger partial charge in [0, 0.05) is 19.3 Å². The van der Waals surface area contributed by atoms with Crippen LogP contribution in [0.3, 0.4) is 0 Å². The van der Waals surface area contributed by atoms with Crippen LogP contribution in [0.5, 0.6) is 0 Å². The Hall–Kier alpha value is -0.770. The van der Waals surface area contributed by atoms with Crippen molar-refractivity contribution in [1.82, 2.24) is 0 Å². The highest BCUT2D eigenvalue weighted by molar-refractivity contribution is 5.78. The first-order valence-electron chi connectivity index (χ1n) is 4.28. The van der Waals surface area contributed by atoms with Crippen molar-refractivity contribution in [3.05, 3.63) is 0 Å². The molecule has 0 amide bonds. The van der Waals surface area contributed by atoms with Crippen molar-refractivity contribution in [2.24, 2.45) is 5.92 Å². The highest BCUT2D eigenvalue weighted by Gasteiger charge is 2.17. The molecule has 0 atom stereocenters. The molecule has 1 aliphatic rings. The van der Waals surface area contributed by atoms with Gasteiger partial charge in [0.15, 0.2) is 0 Å². The highest BCUT2D eigenvalue weighted by atomic mass is 16.1. The minimum atomic E-state index is 0.432. The fraction of sp³-hybridized carbons (Fsp3) is 0.700.